The highest BCUT2D eigenvalue weighted by molar-refractivity contribution is 7.93. The first-order chi connectivity index (χ1) is 18.5. The van der Waals surface area contributed by atoms with Crippen molar-refractivity contribution in [2.75, 3.05) is 18.9 Å². The molecule has 0 amide bonds. The topological polar surface area (TPSA) is 134 Å². The molecule has 15 heteroatoms. The Balaban J connectivity index is 1.84. The van der Waals surface area contributed by atoms with Crippen LogP contribution in [0.5, 0.6) is 5.88 Å². The predicted octanol–water partition coefficient (Wildman–Crippen LogP) is 3.97. The van der Waals surface area contributed by atoms with Gasteiger partial charge in [-0.15, -0.1) is 10.2 Å². The molecule has 206 valence electrons. The minimum absolute atomic E-state index is 0.0974. The molecule has 0 aliphatic heterocycles. The summed E-state index contributed by atoms with van der Waals surface area (Å²) in [7, 11) is -1.67. The summed E-state index contributed by atoms with van der Waals surface area (Å²) in [6, 6.07) is 9.23. The number of halogens is 3. The van der Waals surface area contributed by atoms with Crippen molar-refractivity contribution >= 4 is 16.0 Å². The number of sulfonamides is 1. The molecule has 3 aromatic heterocycles. The maximum absolute atomic E-state index is 14.0. The van der Waals surface area contributed by atoms with E-state index in [4.69, 9.17) is 9.47 Å². The number of hydrogen-bond acceptors (Lipinski definition) is 9. The van der Waals surface area contributed by atoms with Crippen LogP contribution in [-0.2, 0) is 20.9 Å². The third-order valence-corrected chi connectivity index (χ3v) is 7.43. The lowest BCUT2D eigenvalue weighted by Gasteiger charge is -2.22. The lowest BCUT2D eigenvalue weighted by molar-refractivity contribution is -0.137. The van der Waals surface area contributed by atoms with Gasteiger partial charge in [-0.05, 0) is 37.6 Å². The van der Waals surface area contributed by atoms with E-state index in [1.165, 1.54) is 63.9 Å². The van der Waals surface area contributed by atoms with Crippen molar-refractivity contribution < 1.29 is 31.1 Å². The highest BCUT2D eigenvalue weighted by atomic mass is 32.2. The van der Waals surface area contributed by atoms with Crippen molar-refractivity contribution in [3.63, 3.8) is 0 Å². The number of alkyl halides is 3. The predicted molar refractivity (Wildman–Crippen MR) is 135 cm³/mol. The van der Waals surface area contributed by atoms with Crippen LogP contribution in [0.25, 0.3) is 17.2 Å². The Morgan fingerprint density at radius 3 is 2.33 bits per heavy atom. The number of pyridine rings is 1. The van der Waals surface area contributed by atoms with E-state index in [2.05, 4.69) is 29.9 Å². The van der Waals surface area contributed by atoms with Crippen LogP contribution in [0.15, 0.2) is 54.9 Å². The van der Waals surface area contributed by atoms with Crippen molar-refractivity contribution in [1.82, 2.24) is 29.7 Å². The number of para-hydroxylation sites is 1. The number of nitrogens with one attached hydrogen (secondary N) is 1. The molecule has 1 N–H and O–H groups in total. The summed E-state index contributed by atoms with van der Waals surface area (Å²) >= 11 is 0. The molecule has 0 bridgehead atoms. The molecule has 0 fully saturated rings. The summed E-state index contributed by atoms with van der Waals surface area (Å²) in [5.74, 6) is -0.354. The van der Waals surface area contributed by atoms with Crippen molar-refractivity contribution in [1.29, 1.82) is 0 Å². The van der Waals surface area contributed by atoms with E-state index in [0.29, 0.717) is 0 Å². The van der Waals surface area contributed by atoms with Gasteiger partial charge in [0.25, 0.3) is 0 Å². The molecule has 0 aliphatic rings. The Bertz CT molecular complexity index is 1560. The van der Waals surface area contributed by atoms with Gasteiger partial charge in [-0.2, -0.15) is 13.2 Å². The normalized spacial score (nSPS) is 13.6. The number of nitrogens with zero attached hydrogens (tertiary/aromatic N) is 6. The average molecular weight is 564 g/mol. The lowest BCUT2D eigenvalue weighted by atomic mass is 10.1. The summed E-state index contributed by atoms with van der Waals surface area (Å²) in [6.07, 6.45) is -2.84. The standard InChI is InChI=1S/C24H24F3N7O4S/c1-14-12-28-21(29-13-14)20(38-4)15(2)39(35,36)33-23-32-31-22(17-9-7-11-19(30-17)37-3)34(23)18-10-6-5-8-16(18)24(25,26)27/h5-13,15,20H,1-4H3,(H,32,33)/t15-,20-/m0/s1. The Morgan fingerprint density at radius 1 is 1.00 bits per heavy atom. The summed E-state index contributed by atoms with van der Waals surface area (Å²) in [6.45, 7) is 3.13. The van der Waals surface area contributed by atoms with Crippen molar-refractivity contribution in [3.8, 4) is 23.1 Å². The number of benzene rings is 1. The molecule has 1 aromatic carbocycles. The number of ether oxygens (including phenoxy) is 2. The molecule has 4 aromatic rings. The van der Waals surface area contributed by atoms with Gasteiger partial charge in [0.2, 0.25) is 21.9 Å². The smallest absolute Gasteiger partial charge is 0.418 e. The molecule has 0 radical (unpaired) electrons. The monoisotopic (exact) mass is 563 g/mol. The zero-order valence-corrected chi connectivity index (χ0v) is 22.0. The van der Waals surface area contributed by atoms with Crippen molar-refractivity contribution in [2.24, 2.45) is 0 Å². The molecule has 3 heterocycles. The molecule has 11 nitrogen and oxygen atoms in total. The van der Waals surface area contributed by atoms with Crippen LogP contribution in [0.4, 0.5) is 19.1 Å². The number of anilines is 1. The molecule has 0 unspecified atom stereocenters. The zero-order chi connectivity index (χ0) is 28.4. The van der Waals surface area contributed by atoms with E-state index in [-0.39, 0.29) is 23.2 Å². The first kappa shape index (κ1) is 27.9. The van der Waals surface area contributed by atoms with E-state index in [1.807, 2.05) is 0 Å². The molecule has 0 saturated carbocycles. The van der Waals surface area contributed by atoms with Crippen LogP contribution < -0.4 is 9.46 Å². The molecule has 0 spiro atoms. The summed E-state index contributed by atoms with van der Waals surface area (Å²) in [5.41, 5.74) is -0.590. The summed E-state index contributed by atoms with van der Waals surface area (Å²) in [5, 5.41) is 6.58. The quantitative estimate of drug-likeness (QED) is 0.321. The third kappa shape index (κ3) is 5.83. The average Bonchev–Trinajstić information content (AvgIpc) is 3.32. The summed E-state index contributed by atoms with van der Waals surface area (Å²) in [4.78, 5) is 12.5. The Hall–Kier alpha value is -4.11. The van der Waals surface area contributed by atoms with Gasteiger partial charge in [-0.3, -0.25) is 9.29 Å². The zero-order valence-electron chi connectivity index (χ0n) is 21.2. The fraction of sp³-hybridized carbons (Fsp3) is 0.292. The Labute approximate surface area is 222 Å². The van der Waals surface area contributed by atoms with Gasteiger partial charge in [0.1, 0.15) is 17.0 Å². The van der Waals surface area contributed by atoms with Gasteiger partial charge in [0, 0.05) is 25.6 Å². The fourth-order valence-corrected chi connectivity index (χ4v) is 4.88. The van der Waals surface area contributed by atoms with Crippen molar-refractivity contribution in [3.05, 3.63) is 71.8 Å². The van der Waals surface area contributed by atoms with Gasteiger partial charge < -0.3 is 9.47 Å². The minimum Gasteiger partial charge on any atom is -0.481 e. The van der Waals surface area contributed by atoms with Crippen LogP contribution in [0.1, 0.15) is 30.0 Å². The molecule has 2 atom stereocenters. The van der Waals surface area contributed by atoms with Crippen LogP contribution in [-0.4, -0.2) is 57.6 Å². The fourth-order valence-electron chi connectivity index (χ4n) is 3.75. The maximum Gasteiger partial charge on any atom is 0.418 e. The van der Waals surface area contributed by atoms with E-state index < -0.39 is 44.8 Å². The first-order valence-corrected chi connectivity index (χ1v) is 13.0. The van der Waals surface area contributed by atoms with Gasteiger partial charge in [0.15, 0.2) is 11.6 Å². The van der Waals surface area contributed by atoms with Gasteiger partial charge >= 0.3 is 6.18 Å². The second kappa shape index (κ2) is 10.9. The molecular weight excluding hydrogens is 539 g/mol. The number of hydrogen-bond donors (Lipinski definition) is 1. The summed E-state index contributed by atoms with van der Waals surface area (Å²) < 4.78 is 82.7. The molecule has 39 heavy (non-hydrogen) atoms. The third-order valence-electron chi connectivity index (χ3n) is 5.73. The number of rotatable bonds is 9. The van der Waals surface area contributed by atoms with E-state index in [1.54, 1.807) is 13.0 Å². The van der Waals surface area contributed by atoms with Crippen LogP contribution in [0, 0.1) is 6.92 Å². The van der Waals surface area contributed by atoms with E-state index in [9.17, 15) is 21.6 Å². The van der Waals surface area contributed by atoms with E-state index >= 15 is 0 Å². The second-order valence-corrected chi connectivity index (χ2v) is 10.4. The van der Waals surface area contributed by atoms with Crippen LogP contribution in [0.3, 0.4) is 0 Å². The second-order valence-electron chi connectivity index (χ2n) is 8.39. The van der Waals surface area contributed by atoms with Crippen LogP contribution in [0.2, 0.25) is 0 Å². The van der Waals surface area contributed by atoms with Crippen molar-refractivity contribution in [2.45, 2.75) is 31.4 Å². The number of aromatic nitrogens is 6. The Kier molecular flexibility index (Phi) is 7.83. The molecule has 4 rings (SSSR count). The van der Waals surface area contributed by atoms with Gasteiger partial charge in [-0.25, -0.2) is 23.4 Å². The highest BCUT2D eigenvalue weighted by Crippen LogP contribution is 2.37. The van der Waals surface area contributed by atoms with Gasteiger partial charge in [0.05, 0.1) is 18.4 Å². The molecular formula is C24H24F3N7O4S. The number of methoxy groups -OCH3 is 2. The first-order valence-electron chi connectivity index (χ1n) is 11.4. The maximum atomic E-state index is 14.0. The Morgan fingerprint density at radius 2 is 1.69 bits per heavy atom. The van der Waals surface area contributed by atoms with Crippen LogP contribution >= 0.6 is 0 Å². The number of aryl methyl sites for hydroxylation is 1. The lowest BCUT2D eigenvalue weighted by Crippen LogP contribution is -2.33. The SMILES string of the molecule is COc1cccc(-c2nnc(NS(=O)(=O)[C@@H](C)[C@H](OC)c3ncc(C)cn3)n2-c2ccccc2C(F)(F)F)n1. The largest absolute Gasteiger partial charge is 0.481 e. The van der Waals surface area contributed by atoms with E-state index in [0.717, 1.165) is 16.2 Å². The highest BCUT2D eigenvalue weighted by Gasteiger charge is 2.37. The molecule has 0 saturated heterocycles. The molecule has 0 aliphatic carbocycles. The minimum atomic E-state index is -4.77. The van der Waals surface area contributed by atoms with Gasteiger partial charge in [-0.1, -0.05) is 18.2 Å².